The summed E-state index contributed by atoms with van der Waals surface area (Å²) in [6, 6.07) is -5.57. The molecular weight excluding hydrogens is 1280 g/mol. The number of carbonyl (C=O) groups is 4. The second-order valence-corrected chi connectivity index (χ2v) is 23.3. The number of aliphatic hydroxyl groups is 21. The number of carboxylic acids is 1. The van der Waals surface area contributed by atoms with Gasteiger partial charge in [0.25, 0.3) is 5.79 Å². The molecule has 7 rings (SSSR count). The third-order valence-corrected chi connectivity index (χ3v) is 16.7. The van der Waals surface area contributed by atoms with Crippen molar-refractivity contribution in [1.82, 2.24) is 16.0 Å². The molecule has 42 nitrogen and oxygen atoms in total. The van der Waals surface area contributed by atoms with Crippen LogP contribution in [0.15, 0.2) is 0 Å². The minimum absolute atomic E-state index is 0.856. The van der Waals surface area contributed by atoms with Gasteiger partial charge in [-0.05, 0) is 0 Å². The first kappa shape index (κ1) is 76.9. The lowest BCUT2D eigenvalue weighted by atomic mass is 9.88. The van der Waals surface area contributed by atoms with Crippen LogP contribution in [0.2, 0.25) is 0 Å². The molecule has 42 heteroatoms. The molecule has 7 heterocycles. The van der Waals surface area contributed by atoms with E-state index in [0.29, 0.717) is 0 Å². The highest BCUT2D eigenvalue weighted by molar-refractivity contribution is 5.77. The molecule has 93 heavy (non-hydrogen) atoms. The highest BCUT2D eigenvalue weighted by Crippen LogP contribution is 2.39. The van der Waals surface area contributed by atoms with E-state index in [9.17, 15) is 132 Å². The molecule has 25 N–H and O–H groups in total. The van der Waals surface area contributed by atoms with Crippen LogP contribution >= 0.6 is 0 Å². The monoisotopic (exact) mass is 1360 g/mol. The van der Waals surface area contributed by atoms with Crippen molar-refractivity contribution in [2.24, 2.45) is 0 Å². The molecule has 0 radical (unpaired) electrons. The van der Waals surface area contributed by atoms with Crippen molar-refractivity contribution in [2.75, 3.05) is 46.2 Å². The molecule has 0 spiro atoms. The average Bonchev–Trinajstić information content (AvgIpc) is 0.781. The Labute approximate surface area is 525 Å². The zero-order valence-electron chi connectivity index (χ0n) is 49.6. The van der Waals surface area contributed by atoms with E-state index in [2.05, 4.69) is 16.0 Å². The molecule has 1 unspecified atom stereocenters. The maximum Gasteiger partial charge on any atom is 0.364 e. The van der Waals surface area contributed by atoms with Crippen LogP contribution in [0.4, 0.5) is 0 Å². The fourth-order valence-corrected chi connectivity index (χ4v) is 11.7. The van der Waals surface area contributed by atoms with Crippen LogP contribution in [0.3, 0.4) is 0 Å². The lowest BCUT2D eigenvalue weighted by Gasteiger charge is -2.50. The normalized spacial score (nSPS) is 47.2. The lowest BCUT2D eigenvalue weighted by Crippen LogP contribution is -2.70. The van der Waals surface area contributed by atoms with Crippen molar-refractivity contribution < 1.29 is 193 Å². The van der Waals surface area contributed by atoms with Gasteiger partial charge in [-0.3, -0.25) is 14.4 Å². The van der Waals surface area contributed by atoms with Crippen LogP contribution in [0.1, 0.15) is 27.2 Å². The number of aliphatic hydroxyl groups excluding tert-OH is 21. The molecule has 0 aromatic rings. The van der Waals surface area contributed by atoms with Crippen LogP contribution in [0, 0.1) is 0 Å². The highest BCUT2D eigenvalue weighted by atomic mass is 16.8. The number of amides is 3. The van der Waals surface area contributed by atoms with Crippen LogP contribution < -0.4 is 16.0 Å². The van der Waals surface area contributed by atoms with Crippen molar-refractivity contribution in [3.8, 4) is 0 Å². The second-order valence-electron chi connectivity index (χ2n) is 23.3. The molecule has 0 aromatic heterocycles. The lowest BCUT2D eigenvalue weighted by molar-refractivity contribution is -0.384. The van der Waals surface area contributed by atoms with E-state index >= 15 is 0 Å². The van der Waals surface area contributed by atoms with Crippen LogP contribution in [0.25, 0.3) is 0 Å². The van der Waals surface area contributed by atoms with Crippen LogP contribution in [0.5, 0.6) is 0 Å². The summed E-state index contributed by atoms with van der Waals surface area (Å²) in [5, 5.41) is 245. The van der Waals surface area contributed by atoms with Gasteiger partial charge in [-0.15, -0.1) is 0 Å². The Morgan fingerprint density at radius 2 is 0.860 bits per heavy atom. The standard InChI is InChI=1S/C51H85N3O39/c1-12(60)52-23-15(63)4-51(50(79)80,93-42(23)26(65)16(64)5-55)82-11-22-41(91-48-37(76)33(72)28(67)18(7-57)85-48)30(69)24(53-13(2)61)45(88-22)81-10-21-29(68)43(38(77)49(87-21)90-40-19(8-58)83-44(78)35(74)34(40)73)92-46-25(54-14(3)62)31(70)39(20(9-59)86-46)89-47-36(75)32(71)27(66)17(6-56)84-47/h15-49,55-59,63-78H,4-11H2,1-3H3,(H,52,60)(H,53,61)(H,54,62)(H,79,80)/t15-,16+,17+,18+,19+,20+,21+,22+,23+,24+,25+,26+,27-,28-,29-,30+,31+,32-,33-,34+,35+,36+,37+,38+,39+,40+,41+,42+,43-,44?,45+,46-,47-,48-,49-,51+/m0/s1. The van der Waals surface area contributed by atoms with Gasteiger partial charge in [0.05, 0.1) is 58.4 Å². The van der Waals surface area contributed by atoms with Crippen molar-refractivity contribution in [2.45, 2.75) is 248 Å². The molecule has 7 aliphatic rings. The number of nitrogens with one attached hydrogen (secondary N) is 3. The van der Waals surface area contributed by atoms with Gasteiger partial charge in [0.15, 0.2) is 37.7 Å². The fraction of sp³-hybridized carbons (Fsp3) is 0.922. The van der Waals surface area contributed by atoms with E-state index in [1.54, 1.807) is 0 Å². The molecule has 538 valence electrons. The summed E-state index contributed by atoms with van der Waals surface area (Å²) >= 11 is 0. The number of aliphatic carboxylic acids is 1. The Morgan fingerprint density at radius 1 is 0.441 bits per heavy atom. The maximum atomic E-state index is 13.3. The van der Waals surface area contributed by atoms with E-state index in [0.717, 1.165) is 20.8 Å². The Kier molecular flexibility index (Phi) is 27.2. The number of rotatable bonds is 25. The molecule has 0 saturated carbocycles. The third kappa shape index (κ3) is 17.0. The zero-order valence-corrected chi connectivity index (χ0v) is 49.6. The van der Waals surface area contributed by atoms with Gasteiger partial charge in [0.1, 0.15) is 165 Å². The van der Waals surface area contributed by atoms with Gasteiger partial charge in [-0.1, -0.05) is 0 Å². The third-order valence-electron chi connectivity index (χ3n) is 16.7. The summed E-state index contributed by atoms with van der Waals surface area (Å²) in [4.78, 5) is 51.3. The number of ether oxygens (including phenoxy) is 13. The number of hydrogen-bond acceptors (Lipinski definition) is 38. The van der Waals surface area contributed by atoms with Crippen LogP contribution in [-0.2, 0) is 80.8 Å². The number of hydrogen-bond donors (Lipinski definition) is 25. The number of carbonyl (C=O) groups excluding carboxylic acids is 3. The first-order valence-corrected chi connectivity index (χ1v) is 29.2. The van der Waals surface area contributed by atoms with Crippen molar-refractivity contribution in [1.29, 1.82) is 0 Å². The Bertz CT molecular complexity index is 2410. The average molecular weight is 1360 g/mol. The quantitative estimate of drug-likeness (QED) is 0.0404. The summed E-state index contributed by atoms with van der Waals surface area (Å²) in [5.41, 5.74) is 0. The van der Waals surface area contributed by atoms with Crippen molar-refractivity contribution in [3.05, 3.63) is 0 Å². The number of carboxylic acid groups (broad SMARTS) is 1. The van der Waals surface area contributed by atoms with Crippen molar-refractivity contribution in [3.63, 3.8) is 0 Å². The van der Waals surface area contributed by atoms with Crippen LogP contribution in [-0.4, -0.2) is 403 Å². The van der Waals surface area contributed by atoms with Gasteiger partial charge in [-0.2, -0.15) is 0 Å². The van der Waals surface area contributed by atoms with Gasteiger partial charge >= 0.3 is 5.97 Å². The molecule has 0 aliphatic carbocycles. The largest absolute Gasteiger partial charge is 0.477 e. The molecule has 7 fully saturated rings. The Morgan fingerprint density at radius 3 is 1.34 bits per heavy atom. The maximum absolute atomic E-state index is 13.3. The molecule has 7 aliphatic heterocycles. The first-order chi connectivity index (χ1) is 43.8. The summed E-state index contributed by atoms with van der Waals surface area (Å²) in [7, 11) is 0. The SMILES string of the molecule is CC(=O)N[C@H]1[C@H](OC[C@H]2O[C@@H](O[C@H]3[C@H](O)[C@@H](O)C(O)O[C@@H]3CO)[C@H](O)[C@@H](O[C@@H]3O[C@H](CO)[C@@H](O[C@@H]4O[C@H](CO)[C@H](O)[C@H](O)[C@H]4O)[C@H](O)[C@H]3NC(C)=O)[C@H]2O)O[C@H](CO[C@]2(C(=O)O)C[C@H](O)[C@@H](NC(C)=O)[C@H]([C@H](O)[C@H](O)CO)O2)[C@@H](O[C@@H]2O[C@H](CO)[C@H](O)[C@H](O)[C@H]2O)[C@@H]1O. The van der Waals surface area contributed by atoms with E-state index in [1.807, 2.05) is 0 Å². The van der Waals surface area contributed by atoms with Gasteiger partial charge in [-0.25, -0.2) is 4.79 Å². The predicted molar refractivity (Wildman–Crippen MR) is 284 cm³/mol. The zero-order chi connectivity index (χ0) is 69.0. The summed E-state index contributed by atoms with van der Waals surface area (Å²) in [6.07, 6.45) is -67.6. The molecule has 3 amide bonds. The van der Waals surface area contributed by atoms with Gasteiger partial charge < -0.3 is 190 Å². The van der Waals surface area contributed by atoms with E-state index < -0.39 is 297 Å². The van der Waals surface area contributed by atoms with Gasteiger partial charge in [0.2, 0.25) is 17.7 Å². The highest BCUT2D eigenvalue weighted by Gasteiger charge is 2.60. The molecule has 0 aromatic carbocycles. The second kappa shape index (κ2) is 32.9. The fourth-order valence-electron chi connectivity index (χ4n) is 11.7. The predicted octanol–water partition coefficient (Wildman–Crippen LogP) is -16.6. The van der Waals surface area contributed by atoms with E-state index in [-0.39, 0.29) is 0 Å². The summed E-state index contributed by atoms with van der Waals surface area (Å²) < 4.78 is 75.4. The minimum Gasteiger partial charge on any atom is -0.477 e. The Balaban J connectivity index is 1.24. The molecule has 7 saturated heterocycles. The van der Waals surface area contributed by atoms with E-state index in [1.165, 1.54) is 0 Å². The molecule has 36 atom stereocenters. The molecule has 0 bridgehead atoms. The van der Waals surface area contributed by atoms with E-state index in [4.69, 9.17) is 61.6 Å². The first-order valence-electron chi connectivity index (χ1n) is 29.2. The van der Waals surface area contributed by atoms with Crippen molar-refractivity contribution >= 4 is 23.7 Å². The summed E-state index contributed by atoms with van der Waals surface area (Å²) in [5.74, 6) is -8.00. The minimum atomic E-state index is -3.17. The Hall–Kier alpha value is -3.48. The molecular formula is C51H85N3O39. The topological polar surface area (TPSA) is 669 Å². The summed E-state index contributed by atoms with van der Waals surface area (Å²) in [6.45, 7) is -4.88. The smallest absolute Gasteiger partial charge is 0.364 e. The van der Waals surface area contributed by atoms with Gasteiger partial charge in [0, 0.05) is 27.2 Å².